The van der Waals surface area contributed by atoms with Gasteiger partial charge in [-0.3, -0.25) is 9.59 Å². The highest BCUT2D eigenvalue weighted by molar-refractivity contribution is 6.05. The molecule has 21 heavy (non-hydrogen) atoms. The Hall–Kier alpha value is -3.22. The zero-order valence-electron chi connectivity index (χ0n) is 10.8. The number of hydrogen-bond acceptors (Lipinski definition) is 5. The number of carbonyl (C=O) groups excluding carboxylic acids is 1. The fraction of sp³-hybridized carbons (Fsp3) is 0. The van der Waals surface area contributed by atoms with E-state index in [1.165, 1.54) is 12.1 Å². The van der Waals surface area contributed by atoms with Gasteiger partial charge in [-0.1, -0.05) is 24.3 Å². The molecule has 0 saturated heterocycles. The van der Waals surface area contributed by atoms with Crippen LogP contribution in [-0.4, -0.2) is 21.1 Å². The summed E-state index contributed by atoms with van der Waals surface area (Å²) in [6.45, 7) is 0. The largest absolute Gasteiger partial charge is 0.383 e. The van der Waals surface area contributed by atoms with Crippen LogP contribution in [0.25, 0.3) is 10.8 Å². The van der Waals surface area contributed by atoms with Crippen molar-refractivity contribution in [3.63, 3.8) is 0 Å². The molecule has 0 saturated carbocycles. The lowest BCUT2D eigenvalue weighted by molar-refractivity contribution is 0.102. The van der Waals surface area contributed by atoms with E-state index in [1.54, 1.807) is 6.07 Å². The molecule has 4 N–H and O–H groups in total. The molecule has 0 radical (unpaired) electrons. The van der Waals surface area contributed by atoms with Gasteiger partial charge in [0.25, 0.3) is 11.5 Å². The van der Waals surface area contributed by atoms with E-state index in [0.29, 0.717) is 0 Å². The number of aromatic amines is 1. The molecule has 7 heteroatoms. The molecule has 3 aromatic rings. The van der Waals surface area contributed by atoms with Gasteiger partial charge in [0.1, 0.15) is 11.5 Å². The van der Waals surface area contributed by atoms with Crippen molar-refractivity contribution >= 4 is 28.3 Å². The molecular weight excluding hydrogens is 270 g/mol. The topological polar surface area (TPSA) is 114 Å². The number of nitrogen functional groups attached to an aromatic ring is 1. The Morgan fingerprint density at radius 3 is 2.76 bits per heavy atom. The molecule has 0 aliphatic rings. The van der Waals surface area contributed by atoms with E-state index in [4.69, 9.17) is 5.73 Å². The standard InChI is InChI=1S/C14H11N5O2/c15-13-9-4-2-1-3-8(9)7-10(16-13)14(21)17-11-5-6-12(20)19-18-11/h1-7H,(H2,15,16)(H,19,20)(H,17,18,21). The number of rotatable bonds is 2. The summed E-state index contributed by atoms with van der Waals surface area (Å²) in [5, 5.41) is 10.1. The van der Waals surface area contributed by atoms with Gasteiger partial charge in [0.05, 0.1) is 0 Å². The number of hydrogen-bond donors (Lipinski definition) is 3. The van der Waals surface area contributed by atoms with Gasteiger partial charge in [0, 0.05) is 11.5 Å². The van der Waals surface area contributed by atoms with Gasteiger partial charge in [-0.25, -0.2) is 10.1 Å². The highest BCUT2D eigenvalue weighted by atomic mass is 16.2. The summed E-state index contributed by atoms with van der Waals surface area (Å²) in [6.07, 6.45) is 0. The minimum absolute atomic E-state index is 0.180. The lowest BCUT2D eigenvalue weighted by atomic mass is 10.1. The zero-order chi connectivity index (χ0) is 14.8. The molecule has 0 spiro atoms. The second-order valence-corrected chi connectivity index (χ2v) is 4.37. The third kappa shape index (κ3) is 2.57. The molecule has 104 valence electrons. The first-order valence-corrected chi connectivity index (χ1v) is 6.16. The fourth-order valence-electron chi connectivity index (χ4n) is 1.94. The van der Waals surface area contributed by atoms with Crippen molar-refractivity contribution in [2.75, 3.05) is 11.1 Å². The average molecular weight is 281 g/mol. The number of carbonyl (C=O) groups is 1. The first-order valence-electron chi connectivity index (χ1n) is 6.16. The van der Waals surface area contributed by atoms with Gasteiger partial charge in [-0.15, -0.1) is 0 Å². The van der Waals surface area contributed by atoms with Gasteiger partial charge in [-0.05, 0) is 17.5 Å². The van der Waals surface area contributed by atoms with Gasteiger partial charge in [-0.2, -0.15) is 5.10 Å². The van der Waals surface area contributed by atoms with Crippen molar-refractivity contribution in [3.05, 3.63) is 58.5 Å². The van der Waals surface area contributed by atoms with Crippen LogP contribution in [0.4, 0.5) is 11.6 Å². The fourth-order valence-corrected chi connectivity index (χ4v) is 1.94. The smallest absolute Gasteiger partial charge is 0.275 e. The van der Waals surface area contributed by atoms with Crippen LogP contribution < -0.4 is 16.6 Å². The minimum atomic E-state index is -0.452. The Morgan fingerprint density at radius 1 is 1.19 bits per heavy atom. The van der Waals surface area contributed by atoms with Crippen LogP contribution in [0, 0.1) is 0 Å². The van der Waals surface area contributed by atoms with Gasteiger partial charge in [0.2, 0.25) is 0 Å². The highest BCUT2D eigenvalue weighted by Gasteiger charge is 2.11. The lowest BCUT2D eigenvalue weighted by Gasteiger charge is -2.06. The van der Waals surface area contributed by atoms with E-state index >= 15 is 0 Å². The summed E-state index contributed by atoms with van der Waals surface area (Å²) in [5.74, 6) is 0.0628. The van der Waals surface area contributed by atoms with Gasteiger partial charge < -0.3 is 11.1 Å². The summed E-state index contributed by atoms with van der Waals surface area (Å²) < 4.78 is 0. The molecule has 0 aliphatic heterocycles. The number of benzene rings is 1. The van der Waals surface area contributed by atoms with E-state index in [1.807, 2.05) is 24.3 Å². The summed E-state index contributed by atoms with van der Waals surface area (Å²) in [7, 11) is 0. The normalized spacial score (nSPS) is 10.5. The third-order valence-electron chi connectivity index (χ3n) is 2.92. The number of nitrogens with one attached hydrogen (secondary N) is 2. The Bertz CT molecular complexity index is 867. The second kappa shape index (κ2) is 5.04. The minimum Gasteiger partial charge on any atom is -0.383 e. The second-order valence-electron chi connectivity index (χ2n) is 4.37. The predicted molar refractivity (Wildman–Crippen MR) is 79.0 cm³/mol. The number of fused-ring (bicyclic) bond motifs is 1. The number of nitrogens with zero attached hydrogens (tertiary/aromatic N) is 2. The van der Waals surface area contributed by atoms with E-state index < -0.39 is 5.91 Å². The van der Waals surface area contributed by atoms with E-state index in [2.05, 4.69) is 20.5 Å². The molecule has 0 bridgehead atoms. The number of nitrogens with two attached hydrogens (primary N) is 1. The number of H-pyrrole nitrogens is 1. The quantitative estimate of drug-likeness (QED) is 0.652. The maximum Gasteiger partial charge on any atom is 0.275 e. The Labute approximate surface area is 118 Å². The van der Waals surface area contributed by atoms with Crippen molar-refractivity contribution in [2.24, 2.45) is 0 Å². The van der Waals surface area contributed by atoms with E-state index in [9.17, 15) is 9.59 Å². The van der Waals surface area contributed by atoms with Crippen molar-refractivity contribution in [2.45, 2.75) is 0 Å². The third-order valence-corrected chi connectivity index (χ3v) is 2.92. The number of aromatic nitrogens is 3. The summed E-state index contributed by atoms with van der Waals surface area (Å²) >= 11 is 0. The molecule has 0 aliphatic carbocycles. The van der Waals surface area contributed by atoms with Crippen molar-refractivity contribution in [1.29, 1.82) is 0 Å². The molecule has 7 nitrogen and oxygen atoms in total. The monoisotopic (exact) mass is 281 g/mol. The van der Waals surface area contributed by atoms with Gasteiger partial charge >= 0.3 is 0 Å². The zero-order valence-corrected chi connectivity index (χ0v) is 10.8. The molecular formula is C14H11N5O2. The van der Waals surface area contributed by atoms with Crippen LogP contribution in [0.15, 0.2) is 47.3 Å². The van der Waals surface area contributed by atoms with Gasteiger partial charge in [0.15, 0.2) is 5.82 Å². The maximum atomic E-state index is 12.1. The molecule has 3 rings (SSSR count). The number of amides is 1. The summed E-state index contributed by atoms with van der Waals surface area (Å²) in [6, 6.07) is 11.7. The first-order chi connectivity index (χ1) is 10.1. The molecule has 2 aromatic heterocycles. The SMILES string of the molecule is Nc1nc(C(=O)Nc2ccc(=O)[nH]n2)cc2ccccc12. The van der Waals surface area contributed by atoms with Crippen molar-refractivity contribution in [1.82, 2.24) is 15.2 Å². The van der Waals surface area contributed by atoms with Crippen LogP contribution in [0.5, 0.6) is 0 Å². The Morgan fingerprint density at radius 2 is 2.00 bits per heavy atom. The van der Waals surface area contributed by atoms with E-state index in [0.717, 1.165) is 10.8 Å². The van der Waals surface area contributed by atoms with Crippen molar-refractivity contribution < 1.29 is 4.79 Å². The highest BCUT2D eigenvalue weighted by Crippen LogP contribution is 2.20. The summed E-state index contributed by atoms with van der Waals surface area (Å²) in [5.41, 5.74) is 5.69. The molecule has 0 fully saturated rings. The van der Waals surface area contributed by atoms with Crippen LogP contribution >= 0.6 is 0 Å². The molecule has 1 amide bonds. The van der Waals surface area contributed by atoms with Crippen LogP contribution in [-0.2, 0) is 0 Å². The molecule has 0 unspecified atom stereocenters. The van der Waals surface area contributed by atoms with Crippen LogP contribution in [0.3, 0.4) is 0 Å². The molecule has 1 aromatic carbocycles. The summed E-state index contributed by atoms with van der Waals surface area (Å²) in [4.78, 5) is 27.1. The van der Waals surface area contributed by atoms with E-state index in [-0.39, 0.29) is 22.9 Å². The number of pyridine rings is 1. The molecule has 0 atom stereocenters. The Kier molecular flexibility index (Phi) is 3.07. The van der Waals surface area contributed by atoms with Crippen LogP contribution in [0.2, 0.25) is 0 Å². The number of anilines is 2. The van der Waals surface area contributed by atoms with Crippen molar-refractivity contribution in [3.8, 4) is 0 Å². The van der Waals surface area contributed by atoms with Crippen LogP contribution in [0.1, 0.15) is 10.5 Å². The predicted octanol–water partition coefficient (Wildman–Crippen LogP) is 1.15. The Balaban J connectivity index is 1.94. The lowest BCUT2D eigenvalue weighted by Crippen LogP contribution is -2.17. The maximum absolute atomic E-state index is 12.1. The molecule has 2 heterocycles. The first kappa shape index (κ1) is 12.8. The average Bonchev–Trinajstić information content (AvgIpc) is 2.49.